The number of esters is 2. The Kier molecular flexibility index (Phi) is 6.95. The summed E-state index contributed by atoms with van der Waals surface area (Å²) in [6.45, 7) is 3.22. The number of furan rings is 1. The van der Waals surface area contributed by atoms with E-state index in [0.29, 0.717) is 17.0 Å². The third-order valence-corrected chi connectivity index (χ3v) is 5.32. The van der Waals surface area contributed by atoms with Gasteiger partial charge in [-0.15, -0.1) is 0 Å². The maximum atomic E-state index is 13.0. The molecule has 10 heteroatoms. The first-order chi connectivity index (χ1) is 15.6. The molecule has 3 rings (SSSR count). The first-order valence-corrected chi connectivity index (χ1v) is 10.1. The molecule has 0 N–H and O–H groups in total. The van der Waals surface area contributed by atoms with Crippen molar-refractivity contribution >= 4 is 17.8 Å². The number of ether oxygens (including phenoxy) is 2. The van der Waals surface area contributed by atoms with E-state index < -0.39 is 29.6 Å². The predicted octanol–water partition coefficient (Wildman–Crippen LogP) is 4.44. The highest BCUT2D eigenvalue weighted by Gasteiger charge is 2.38. The Bertz CT molecular complexity index is 1080. The molecule has 176 valence electrons. The highest BCUT2D eigenvalue weighted by atomic mass is 19.4. The van der Waals surface area contributed by atoms with Crippen LogP contribution in [0.3, 0.4) is 0 Å². The molecule has 0 radical (unpaired) electrons. The van der Waals surface area contributed by atoms with Crippen molar-refractivity contribution in [2.75, 3.05) is 13.7 Å². The van der Waals surface area contributed by atoms with Gasteiger partial charge in [0.25, 0.3) is 0 Å². The Labute approximate surface area is 187 Å². The maximum absolute atomic E-state index is 13.0. The summed E-state index contributed by atoms with van der Waals surface area (Å²) in [5.74, 6) is -2.20. The second-order valence-corrected chi connectivity index (χ2v) is 7.33. The molecule has 0 saturated heterocycles. The minimum Gasteiger partial charge on any atom is -0.463 e. The molecule has 1 aromatic carbocycles. The van der Waals surface area contributed by atoms with Gasteiger partial charge in [0.15, 0.2) is 0 Å². The molecule has 0 fully saturated rings. The number of carbonyl (C=O) groups excluding carboxylic acids is 3. The molecule has 1 atom stereocenters. The van der Waals surface area contributed by atoms with E-state index in [4.69, 9.17) is 9.15 Å². The molecule has 0 bridgehead atoms. The van der Waals surface area contributed by atoms with Crippen molar-refractivity contribution in [3.63, 3.8) is 0 Å². The van der Waals surface area contributed by atoms with Crippen LogP contribution < -0.4 is 0 Å². The third kappa shape index (κ3) is 5.10. The summed E-state index contributed by atoms with van der Waals surface area (Å²) in [5, 5.41) is 0. The van der Waals surface area contributed by atoms with E-state index in [2.05, 4.69) is 4.74 Å². The standard InChI is InChI=1S/C23H22F3NO6/c1-4-32-22(30)20-13(2)27(12-16-9-10-18(33-16)21(29)31-3)19(28)11-17(20)14-5-7-15(8-6-14)23(24,25)26/h5-10,17H,4,11-12H2,1-3H3. The number of amides is 1. The first kappa shape index (κ1) is 24.1. The largest absolute Gasteiger partial charge is 0.463 e. The Morgan fingerprint density at radius 3 is 2.36 bits per heavy atom. The normalized spacial score (nSPS) is 16.7. The smallest absolute Gasteiger partial charge is 0.416 e. The van der Waals surface area contributed by atoms with Gasteiger partial charge in [-0.1, -0.05) is 12.1 Å². The number of alkyl halides is 3. The predicted molar refractivity (Wildman–Crippen MR) is 109 cm³/mol. The van der Waals surface area contributed by atoms with Crippen LogP contribution in [0.15, 0.2) is 52.1 Å². The van der Waals surface area contributed by atoms with Gasteiger partial charge in [-0.3, -0.25) is 4.79 Å². The van der Waals surface area contributed by atoms with Gasteiger partial charge in [0, 0.05) is 18.0 Å². The molecular formula is C23H22F3NO6. The SMILES string of the molecule is CCOC(=O)C1=C(C)N(Cc2ccc(C(=O)OC)o2)C(=O)CC1c1ccc(C(F)(F)F)cc1. The van der Waals surface area contributed by atoms with Crippen LogP contribution in [-0.2, 0) is 31.8 Å². The number of nitrogens with zero attached hydrogens (tertiary/aromatic N) is 1. The highest BCUT2D eigenvalue weighted by Crippen LogP contribution is 2.39. The lowest BCUT2D eigenvalue weighted by Gasteiger charge is -2.34. The fourth-order valence-electron chi connectivity index (χ4n) is 3.69. The summed E-state index contributed by atoms with van der Waals surface area (Å²) >= 11 is 0. The number of halogens is 3. The number of hydrogen-bond donors (Lipinski definition) is 0. The minimum atomic E-state index is -4.50. The summed E-state index contributed by atoms with van der Waals surface area (Å²) in [6, 6.07) is 7.28. The van der Waals surface area contributed by atoms with Crippen molar-refractivity contribution < 1.29 is 41.4 Å². The summed E-state index contributed by atoms with van der Waals surface area (Å²) in [5.41, 5.74) is 0.0404. The summed E-state index contributed by atoms with van der Waals surface area (Å²) in [6.07, 6.45) is -4.65. The van der Waals surface area contributed by atoms with E-state index in [1.807, 2.05) is 0 Å². The molecule has 1 aromatic heterocycles. The first-order valence-electron chi connectivity index (χ1n) is 10.1. The molecular weight excluding hydrogens is 443 g/mol. The molecule has 1 amide bonds. The van der Waals surface area contributed by atoms with Crippen LogP contribution in [-0.4, -0.2) is 36.5 Å². The average Bonchev–Trinajstić information content (AvgIpc) is 3.24. The van der Waals surface area contributed by atoms with Crippen molar-refractivity contribution in [3.8, 4) is 0 Å². The van der Waals surface area contributed by atoms with Crippen LogP contribution in [0.1, 0.15) is 53.6 Å². The Hall–Kier alpha value is -3.56. The second-order valence-electron chi connectivity index (χ2n) is 7.33. The molecule has 1 aliphatic rings. The highest BCUT2D eigenvalue weighted by molar-refractivity contribution is 5.95. The summed E-state index contributed by atoms with van der Waals surface area (Å²) in [4.78, 5) is 38.7. The fraction of sp³-hybridized carbons (Fsp3) is 0.348. The van der Waals surface area contributed by atoms with Gasteiger partial charge in [0.1, 0.15) is 5.76 Å². The van der Waals surface area contributed by atoms with Gasteiger partial charge < -0.3 is 18.8 Å². The van der Waals surface area contributed by atoms with Crippen LogP contribution in [0.2, 0.25) is 0 Å². The van der Waals surface area contributed by atoms with Gasteiger partial charge >= 0.3 is 18.1 Å². The second kappa shape index (κ2) is 9.51. The number of carbonyl (C=O) groups is 3. The van der Waals surface area contributed by atoms with E-state index in [9.17, 15) is 27.6 Å². The molecule has 0 spiro atoms. The monoisotopic (exact) mass is 465 g/mol. The molecule has 1 unspecified atom stereocenters. The summed E-state index contributed by atoms with van der Waals surface area (Å²) in [7, 11) is 1.21. The van der Waals surface area contributed by atoms with E-state index in [0.717, 1.165) is 12.1 Å². The van der Waals surface area contributed by atoms with Crippen molar-refractivity contribution in [1.29, 1.82) is 0 Å². The van der Waals surface area contributed by atoms with Crippen molar-refractivity contribution in [1.82, 2.24) is 4.90 Å². The molecule has 0 saturated carbocycles. The summed E-state index contributed by atoms with van der Waals surface area (Å²) < 4.78 is 54.0. The molecule has 0 aliphatic carbocycles. The number of rotatable bonds is 6. The van der Waals surface area contributed by atoms with E-state index >= 15 is 0 Å². The lowest BCUT2D eigenvalue weighted by molar-refractivity contribution is -0.140. The molecule has 1 aliphatic heterocycles. The number of hydrogen-bond acceptors (Lipinski definition) is 6. The van der Waals surface area contributed by atoms with Gasteiger partial charge in [-0.05, 0) is 43.7 Å². The number of allylic oxidation sites excluding steroid dienone is 1. The zero-order valence-corrected chi connectivity index (χ0v) is 18.2. The third-order valence-electron chi connectivity index (χ3n) is 5.32. The number of methoxy groups -OCH3 is 1. The maximum Gasteiger partial charge on any atom is 0.416 e. The lowest BCUT2D eigenvalue weighted by Crippen LogP contribution is -2.38. The Balaban J connectivity index is 1.97. The van der Waals surface area contributed by atoms with Gasteiger partial charge in [0.05, 0.1) is 31.4 Å². The molecule has 2 heterocycles. The fourth-order valence-corrected chi connectivity index (χ4v) is 3.69. The minimum absolute atomic E-state index is 0.0353. The average molecular weight is 465 g/mol. The zero-order chi connectivity index (χ0) is 24.3. The van der Waals surface area contributed by atoms with Gasteiger partial charge in [-0.25, -0.2) is 9.59 Å². The number of benzene rings is 1. The quantitative estimate of drug-likeness (QED) is 0.587. The van der Waals surface area contributed by atoms with Gasteiger partial charge in [0.2, 0.25) is 11.7 Å². The molecule has 7 nitrogen and oxygen atoms in total. The van der Waals surface area contributed by atoms with Crippen LogP contribution >= 0.6 is 0 Å². The van der Waals surface area contributed by atoms with E-state index in [1.54, 1.807) is 13.8 Å². The van der Waals surface area contributed by atoms with E-state index in [-0.39, 0.29) is 36.8 Å². The van der Waals surface area contributed by atoms with Crippen LogP contribution in [0.4, 0.5) is 13.2 Å². The van der Waals surface area contributed by atoms with E-state index in [1.165, 1.54) is 36.3 Å². The topological polar surface area (TPSA) is 86.1 Å². The zero-order valence-electron chi connectivity index (χ0n) is 18.2. The van der Waals surface area contributed by atoms with Gasteiger partial charge in [-0.2, -0.15) is 13.2 Å². The Morgan fingerprint density at radius 2 is 1.79 bits per heavy atom. The molecule has 33 heavy (non-hydrogen) atoms. The Morgan fingerprint density at radius 1 is 1.12 bits per heavy atom. The van der Waals surface area contributed by atoms with Crippen molar-refractivity contribution in [3.05, 3.63) is 70.3 Å². The van der Waals surface area contributed by atoms with Crippen LogP contribution in [0.5, 0.6) is 0 Å². The van der Waals surface area contributed by atoms with Crippen molar-refractivity contribution in [2.24, 2.45) is 0 Å². The molecule has 2 aromatic rings. The lowest BCUT2D eigenvalue weighted by atomic mass is 9.83. The van der Waals surface area contributed by atoms with Crippen molar-refractivity contribution in [2.45, 2.75) is 38.9 Å². The van der Waals surface area contributed by atoms with Crippen LogP contribution in [0, 0.1) is 0 Å². The van der Waals surface area contributed by atoms with Crippen LogP contribution in [0.25, 0.3) is 0 Å².